The molecule has 0 spiro atoms. The van der Waals surface area contributed by atoms with Gasteiger partial charge in [-0.05, 0) is 18.9 Å². The molecule has 0 aliphatic rings. The number of aliphatic hydroxyl groups is 1. The molecule has 0 bridgehead atoms. The summed E-state index contributed by atoms with van der Waals surface area (Å²) in [5, 5.41) is 19.3. The summed E-state index contributed by atoms with van der Waals surface area (Å²) in [6, 6.07) is 9.89. The number of aliphatic hydroxyl groups excluding tert-OH is 1. The molecule has 2 rings (SSSR count). The van der Waals surface area contributed by atoms with Gasteiger partial charge >= 0.3 is 0 Å². The highest BCUT2D eigenvalue weighted by atomic mass is 16.3. The minimum absolute atomic E-state index is 0.0555. The van der Waals surface area contributed by atoms with E-state index in [9.17, 15) is 4.79 Å². The summed E-state index contributed by atoms with van der Waals surface area (Å²) in [5.74, 6) is -0.254. The highest BCUT2D eigenvalue weighted by Gasteiger charge is 2.15. The summed E-state index contributed by atoms with van der Waals surface area (Å²) in [6.07, 6.45) is 0.531. The summed E-state index contributed by atoms with van der Waals surface area (Å²) in [6.45, 7) is 2.90. The molecule has 2 N–H and O–H groups in total. The van der Waals surface area contributed by atoms with Crippen molar-refractivity contribution in [1.82, 2.24) is 20.3 Å². The number of benzene rings is 1. The van der Waals surface area contributed by atoms with Crippen LogP contribution in [-0.2, 0) is 6.54 Å². The first-order valence-corrected chi connectivity index (χ1v) is 6.55. The molecule has 0 fully saturated rings. The third-order valence-electron chi connectivity index (χ3n) is 2.99. The first kappa shape index (κ1) is 14.2. The first-order chi connectivity index (χ1) is 9.72. The SMILES string of the molecule is Cc1c(C(=O)NCCCO)nnn1Cc1ccccc1. The van der Waals surface area contributed by atoms with Crippen molar-refractivity contribution in [3.05, 3.63) is 47.3 Å². The molecule has 1 amide bonds. The van der Waals surface area contributed by atoms with Crippen LogP contribution < -0.4 is 5.32 Å². The number of nitrogens with one attached hydrogen (secondary N) is 1. The number of carbonyl (C=O) groups excluding carboxylic acids is 1. The predicted octanol–water partition coefficient (Wildman–Crippen LogP) is 0.747. The maximum absolute atomic E-state index is 11.9. The summed E-state index contributed by atoms with van der Waals surface area (Å²) in [5.41, 5.74) is 2.17. The summed E-state index contributed by atoms with van der Waals surface area (Å²) in [4.78, 5) is 11.9. The number of amides is 1. The van der Waals surface area contributed by atoms with Crippen LogP contribution >= 0.6 is 0 Å². The van der Waals surface area contributed by atoms with E-state index in [0.717, 1.165) is 11.3 Å². The van der Waals surface area contributed by atoms with E-state index in [0.29, 0.717) is 25.2 Å². The summed E-state index contributed by atoms with van der Waals surface area (Å²) in [7, 11) is 0. The largest absolute Gasteiger partial charge is 0.396 e. The predicted molar refractivity (Wildman–Crippen MR) is 74.3 cm³/mol. The van der Waals surface area contributed by atoms with E-state index in [1.807, 2.05) is 37.3 Å². The van der Waals surface area contributed by atoms with E-state index in [-0.39, 0.29) is 12.5 Å². The molecule has 1 aromatic heterocycles. The average molecular weight is 274 g/mol. The third kappa shape index (κ3) is 3.42. The third-order valence-corrected chi connectivity index (χ3v) is 2.99. The molecule has 1 heterocycles. The van der Waals surface area contributed by atoms with Gasteiger partial charge in [0.25, 0.3) is 5.91 Å². The number of nitrogens with zero attached hydrogens (tertiary/aromatic N) is 3. The van der Waals surface area contributed by atoms with Gasteiger partial charge in [-0.25, -0.2) is 4.68 Å². The van der Waals surface area contributed by atoms with Crippen molar-refractivity contribution in [2.24, 2.45) is 0 Å². The van der Waals surface area contributed by atoms with Crippen LogP contribution in [0.3, 0.4) is 0 Å². The monoisotopic (exact) mass is 274 g/mol. The van der Waals surface area contributed by atoms with Crippen LogP contribution in [0.4, 0.5) is 0 Å². The Kier molecular flexibility index (Phi) is 4.84. The Hall–Kier alpha value is -2.21. The molecular formula is C14H18N4O2. The van der Waals surface area contributed by atoms with Crippen LogP contribution in [0.2, 0.25) is 0 Å². The van der Waals surface area contributed by atoms with Gasteiger partial charge < -0.3 is 10.4 Å². The molecule has 0 saturated carbocycles. The molecule has 1 aromatic carbocycles. The Labute approximate surface area is 117 Å². The maximum atomic E-state index is 11.9. The molecule has 0 unspecified atom stereocenters. The van der Waals surface area contributed by atoms with Crippen LogP contribution in [-0.4, -0.2) is 39.2 Å². The van der Waals surface area contributed by atoms with Crippen molar-refractivity contribution in [1.29, 1.82) is 0 Å². The fourth-order valence-electron chi connectivity index (χ4n) is 1.84. The van der Waals surface area contributed by atoms with Gasteiger partial charge in [0, 0.05) is 13.2 Å². The van der Waals surface area contributed by atoms with E-state index in [1.165, 1.54) is 0 Å². The van der Waals surface area contributed by atoms with Gasteiger partial charge in [-0.1, -0.05) is 35.5 Å². The highest BCUT2D eigenvalue weighted by molar-refractivity contribution is 5.93. The molecule has 0 saturated heterocycles. The quantitative estimate of drug-likeness (QED) is 0.762. The minimum atomic E-state index is -0.254. The van der Waals surface area contributed by atoms with Crippen LogP contribution in [0.15, 0.2) is 30.3 Å². The zero-order valence-corrected chi connectivity index (χ0v) is 11.4. The first-order valence-electron chi connectivity index (χ1n) is 6.55. The fraction of sp³-hybridized carbons (Fsp3) is 0.357. The minimum Gasteiger partial charge on any atom is -0.396 e. The van der Waals surface area contributed by atoms with Crippen LogP contribution in [0.5, 0.6) is 0 Å². The molecular weight excluding hydrogens is 256 g/mol. The Bertz CT molecular complexity index is 566. The van der Waals surface area contributed by atoms with Gasteiger partial charge in [0.15, 0.2) is 5.69 Å². The standard InChI is InChI=1S/C14H18N4O2/c1-11-13(14(20)15-8-5-9-19)16-17-18(11)10-12-6-3-2-4-7-12/h2-4,6-7,19H,5,8-10H2,1H3,(H,15,20). The van der Waals surface area contributed by atoms with Crippen molar-refractivity contribution in [2.75, 3.05) is 13.2 Å². The second-order valence-electron chi connectivity index (χ2n) is 4.50. The molecule has 0 radical (unpaired) electrons. The number of hydrogen-bond acceptors (Lipinski definition) is 4. The van der Waals surface area contributed by atoms with Gasteiger partial charge in [0.2, 0.25) is 0 Å². The molecule has 20 heavy (non-hydrogen) atoms. The zero-order valence-electron chi connectivity index (χ0n) is 11.4. The molecule has 6 nitrogen and oxygen atoms in total. The Morgan fingerprint density at radius 2 is 2.10 bits per heavy atom. The van der Waals surface area contributed by atoms with Crippen molar-refractivity contribution >= 4 is 5.91 Å². The van der Waals surface area contributed by atoms with E-state index < -0.39 is 0 Å². The van der Waals surface area contributed by atoms with Gasteiger partial charge in [-0.3, -0.25) is 4.79 Å². The molecule has 0 aliphatic heterocycles. The molecule has 0 atom stereocenters. The average Bonchev–Trinajstić information content (AvgIpc) is 2.82. The van der Waals surface area contributed by atoms with E-state index >= 15 is 0 Å². The second-order valence-corrected chi connectivity index (χ2v) is 4.50. The van der Waals surface area contributed by atoms with Gasteiger partial charge in [0.05, 0.1) is 12.2 Å². The van der Waals surface area contributed by atoms with E-state index in [1.54, 1.807) is 4.68 Å². The fourth-order valence-corrected chi connectivity index (χ4v) is 1.84. The van der Waals surface area contributed by atoms with E-state index in [2.05, 4.69) is 15.6 Å². The normalized spacial score (nSPS) is 10.5. The Morgan fingerprint density at radius 1 is 1.35 bits per heavy atom. The lowest BCUT2D eigenvalue weighted by Gasteiger charge is -2.04. The van der Waals surface area contributed by atoms with Gasteiger partial charge in [-0.15, -0.1) is 5.10 Å². The van der Waals surface area contributed by atoms with Gasteiger partial charge in [0.1, 0.15) is 0 Å². The number of hydrogen-bond donors (Lipinski definition) is 2. The van der Waals surface area contributed by atoms with Crippen molar-refractivity contribution < 1.29 is 9.90 Å². The van der Waals surface area contributed by atoms with Crippen molar-refractivity contribution in [3.8, 4) is 0 Å². The highest BCUT2D eigenvalue weighted by Crippen LogP contribution is 2.07. The Balaban J connectivity index is 2.05. The lowest BCUT2D eigenvalue weighted by molar-refractivity contribution is 0.0945. The maximum Gasteiger partial charge on any atom is 0.273 e. The number of rotatable bonds is 6. The smallest absolute Gasteiger partial charge is 0.273 e. The van der Waals surface area contributed by atoms with Crippen molar-refractivity contribution in [3.63, 3.8) is 0 Å². The zero-order chi connectivity index (χ0) is 14.4. The number of carbonyl (C=O) groups is 1. The number of aromatic nitrogens is 3. The van der Waals surface area contributed by atoms with Crippen LogP contribution in [0, 0.1) is 6.92 Å². The van der Waals surface area contributed by atoms with E-state index in [4.69, 9.17) is 5.11 Å². The molecule has 106 valence electrons. The van der Waals surface area contributed by atoms with Gasteiger partial charge in [-0.2, -0.15) is 0 Å². The topological polar surface area (TPSA) is 80.0 Å². The molecule has 2 aromatic rings. The summed E-state index contributed by atoms with van der Waals surface area (Å²) < 4.78 is 1.70. The molecule has 0 aliphatic carbocycles. The Morgan fingerprint density at radius 3 is 2.80 bits per heavy atom. The lowest BCUT2D eigenvalue weighted by atomic mass is 10.2. The molecule has 6 heteroatoms. The van der Waals surface area contributed by atoms with Crippen LogP contribution in [0.25, 0.3) is 0 Å². The van der Waals surface area contributed by atoms with Crippen LogP contribution in [0.1, 0.15) is 28.2 Å². The van der Waals surface area contributed by atoms with Crippen molar-refractivity contribution in [2.45, 2.75) is 19.9 Å². The second kappa shape index (κ2) is 6.81. The summed E-state index contributed by atoms with van der Waals surface area (Å²) >= 11 is 0. The lowest BCUT2D eigenvalue weighted by Crippen LogP contribution is -2.26.